The number of amides is 1. The van der Waals surface area contributed by atoms with Gasteiger partial charge in [-0.3, -0.25) is 9.79 Å². The van der Waals surface area contributed by atoms with Crippen LogP contribution in [0.3, 0.4) is 0 Å². The molecule has 0 saturated carbocycles. The number of halogens is 1. The molecule has 122 valence electrons. The Bertz CT molecular complexity index is 533. The summed E-state index contributed by atoms with van der Waals surface area (Å²) in [6.45, 7) is 4.13. The molecule has 0 bridgehead atoms. The van der Waals surface area contributed by atoms with Gasteiger partial charge in [0.1, 0.15) is 0 Å². The molecule has 0 aliphatic carbocycles. The third-order valence-corrected chi connectivity index (χ3v) is 3.25. The molecule has 1 aromatic carbocycles. The number of benzene rings is 1. The number of carbonyl (C=O) groups is 1. The zero-order valence-corrected chi connectivity index (χ0v) is 14.8. The Morgan fingerprint density at radius 2 is 1.77 bits per heavy atom. The number of alkyl halides is 1. The Hall–Kier alpha value is -2.02. The smallest absolute Gasteiger partial charge is 0.230 e. The monoisotopic (exact) mass is 369 g/mol. The van der Waals surface area contributed by atoms with Crippen molar-refractivity contribution in [3.8, 4) is 0 Å². The molecule has 7 N–H and O–H groups in total. The van der Waals surface area contributed by atoms with E-state index in [4.69, 9.17) is 17.2 Å². The van der Waals surface area contributed by atoms with Crippen molar-refractivity contribution < 1.29 is 4.79 Å². The van der Waals surface area contributed by atoms with Gasteiger partial charge < -0.3 is 22.5 Å². The van der Waals surface area contributed by atoms with Crippen LogP contribution in [0.25, 0.3) is 0 Å². The lowest BCUT2D eigenvalue weighted by molar-refractivity contribution is -0.118. The van der Waals surface area contributed by atoms with Gasteiger partial charge in [0.05, 0.1) is 16.7 Å². The predicted molar refractivity (Wildman–Crippen MR) is 96.6 cm³/mol. The summed E-state index contributed by atoms with van der Waals surface area (Å²) >= 11 is 3.07. The van der Waals surface area contributed by atoms with Gasteiger partial charge in [-0.05, 0) is 31.5 Å². The maximum Gasteiger partial charge on any atom is 0.230 e. The molecule has 6 nitrogen and oxygen atoms in total. The van der Waals surface area contributed by atoms with E-state index in [0.717, 1.165) is 17.0 Å². The fourth-order valence-electron chi connectivity index (χ4n) is 1.29. The second-order valence-corrected chi connectivity index (χ2v) is 5.12. The van der Waals surface area contributed by atoms with Crippen molar-refractivity contribution >= 4 is 33.2 Å². The lowest BCUT2D eigenvalue weighted by Gasteiger charge is -2.03. The van der Waals surface area contributed by atoms with Gasteiger partial charge in [-0.1, -0.05) is 28.1 Å². The van der Waals surface area contributed by atoms with E-state index in [1.54, 1.807) is 14.0 Å². The van der Waals surface area contributed by atoms with Crippen LogP contribution >= 0.6 is 15.9 Å². The Morgan fingerprint density at radius 3 is 2.14 bits per heavy atom. The van der Waals surface area contributed by atoms with Gasteiger partial charge in [-0.15, -0.1) is 0 Å². The molecule has 0 heterocycles. The van der Waals surface area contributed by atoms with E-state index in [0.29, 0.717) is 23.3 Å². The molecule has 0 aliphatic rings. The van der Waals surface area contributed by atoms with Crippen LogP contribution in [0.15, 0.2) is 40.7 Å². The number of anilines is 1. The summed E-state index contributed by atoms with van der Waals surface area (Å²) in [7, 11) is 1.69. The fraction of sp³-hybridized carbons (Fsp3) is 0.333. The lowest BCUT2D eigenvalue weighted by atomic mass is 10.2. The highest BCUT2D eigenvalue weighted by Gasteiger charge is 1.97. The van der Waals surface area contributed by atoms with Gasteiger partial charge in [0.25, 0.3) is 0 Å². The second-order valence-electron chi connectivity index (χ2n) is 4.56. The first-order chi connectivity index (χ1) is 10.3. The van der Waals surface area contributed by atoms with Crippen molar-refractivity contribution in [2.45, 2.75) is 20.4 Å². The summed E-state index contributed by atoms with van der Waals surface area (Å²) in [5.74, 6) is -0.0168. The molecule has 0 aromatic heterocycles. The molecule has 0 fully saturated rings. The van der Waals surface area contributed by atoms with Crippen molar-refractivity contribution in [3.05, 3.63) is 41.2 Å². The van der Waals surface area contributed by atoms with Crippen molar-refractivity contribution in [3.63, 3.8) is 0 Å². The number of nitrogens with zero attached hydrogens (tertiary/aromatic N) is 1. The Morgan fingerprint density at radius 1 is 1.23 bits per heavy atom. The molecule has 0 radical (unpaired) electrons. The normalized spacial score (nSPS) is 11.9. The standard InChI is InChI=1S/C9H11BrN2O.C6H13N3/c10-5-9(13)12-6-7-1-3-8(11)4-2-7;1-4(7)6(8)5(2)9-3/h1-4H,5-6,11H2,(H,12,13);7-8H2,1-3H3/b;6-4+,9-5?. The van der Waals surface area contributed by atoms with Crippen molar-refractivity contribution in [1.82, 2.24) is 5.32 Å². The zero-order valence-electron chi connectivity index (χ0n) is 13.2. The van der Waals surface area contributed by atoms with Gasteiger partial charge in [-0.2, -0.15) is 0 Å². The van der Waals surface area contributed by atoms with Crippen LogP contribution in [-0.2, 0) is 11.3 Å². The van der Waals surface area contributed by atoms with Crippen LogP contribution < -0.4 is 22.5 Å². The lowest BCUT2D eigenvalue weighted by Crippen LogP contribution is -2.23. The van der Waals surface area contributed by atoms with Crippen LogP contribution in [0.2, 0.25) is 0 Å². The van der Waals surface area contributed by atoms with E-state index in [-0.39, 0.29) is 5.91 Å². The number of allylic oxidation sites excluding steroid dienone is 2. The van der Waals surface area contributed by atoms with Crippen LogP contribution in [0.4, 0.5) is 5.69 Å². The summed E-state index contributed by atoms with van der Waals surface area (Å²) in [6.07, 6.45) is 0. The van der Waals surface area contributed by atoms with E-state index in [1.807, 2.05) is 31.2 Å². The number of carbonyl (C=O) groups excluding carboxylic acids is 1. The molecule has 1 rings (SSSR count). The maximum absolute atomic E-state index is 10.9. The molecule has 1 aromatic rings. The number of nitrogens with two attached hydrogens (primary N) is 3. The summed E-state index contributed by atoms with van der Waals surface area (Å²) in [4.78, 5) is 14.7. The summed E-state index contributed by atoms with van der Waals surface area (Å²) in [5, 5.41) is 3.08. The highest BCUT2D eigenvalue weighted by atomic mass is 79.9. The fourth-order valence-corrected chi connectivity index (χ4v) is 1.49. The quantitative estimate of drug-likeness (QED) is 0.365. The minimum Gasteiger partial charge on any atom is -0.401 e. The van der Waals surface area contributed by atoms with Crippen LogP contribution in [-0.4, -0.2) is 24.0 Å². The van der Waals surface area contributed by atoms with E-state index >= 15 is 0 Å². The topological polar surface area (TPSA) is 120 Å². The molecule has 0 atom stereocenters. The number of nitrogens with one attached hydrogen (secondary N) is 1. The van der Waals surface area contributed by atoms with Gasteiger partial charge in [-0.25, -0.2) is 0 Å². The third kappa shape index (κ3) is 8.31. The molecule has 0 saturated heterocycles. The SMILES string of the molecule is CN=C(C)/C(N)=C(/C)N.Nc1ccc(CNC(=O)CBr)cc1. The third-order valence-electron chi connectivity index (χ3n) is 2.74. The number of hydrogen-bond donors (Lipinski definition) is 4. The van der Waals surface area contributed by atoms with Gasteiger partial charge >= 0.3 is 0 Å². The van der Waals surface area contributed by atoms with E-state index in [1.165, 1.54) is 0 Å². The number of rotatable bonds is 4. The maximum atomic E-state index is 10.9. The van der Waals surface area contributed by atoms with Crippen LogP contribution in [0, 0.1) is 0 Å². The summed E-state index contributed by atoms with van der Waals surface area (Å²) in [6, 6.07) is 7.42. The van der Waals surface area contributed by atoms with E-state index in [2.05, 4.69) is 26.2 Å². The van der Waals surface area contributed by atoms with Crippen LogP contribution in [0.1, 0.15) is 19.4 Å². The van der Waals surface area contributed by atoms with Crippen molar-refractivity contribution in [2.75, 3.05) is 18.1 Å². The van der Waals surface area contributed by atoms with Gasteiger partial charge in [0.15, 0.2) is 0 Å². The average Bonchev–Trinajstić information content (AvgIpc) is 2.52. The Kier molecular flexibility index (Phi) is 9.69. The van der Waals surface area contributed by atoms with Crippen LogP contribution in [0.5, 0.6) is 0 Å². The second kappa shape index (κ2) is 10.7. The number of nitrogen functional groups attached to an aromatic ring is 1. The predicted octanol–water partition coefficient (Wildman–Crippen LogP) is 1.51. The average molecular weight is 370 g/mol. The molecule has 0 unspecified atom stereocenters. The summed E-state index contributed by atoms with van der Waals surface area (Å²) in [5.41, 5.74) is 20.2. The van der Waals surface area contributed by atoms with Crippen molar-refractivity contribution in [2.24, 2.45) is 16.5 Å². The minimum absolute atomic E-state index is 0.0168. The van der Waals surface area contributed by atoms with E-state index in [9.17, 15) is 4.79 Å². The van der Waals surface area contributed by atoms with Crippen molar-refractivity contribution in [1.29, 1.82) is 0 Å². The van der Waals surface area contributed by atoms with Gasteiger partial charge in [0, 0.05) is 25.0 Å². The minimum atomic E-state index is -0.0168. The highest BCUT2D eigenvalue weighted by Crippen LogP contribution is 2.04. The molecule has 22 heavy (non-hydrogen) atoms. The molecule has 1 amide bonds. The molecule has 7 heteroatoms. The molecular formula is C15H24BrN5O. The Balaban J connectivity index is 0.000000433. The van der Waals surface area contributed by atoms with Gasteiger partial charge in [0.2, 0.25) is 5.91 Å². The highest BCUT2D eigenvalue weighted by molar-refractivity contribution is 9.09. The molecule has 0 aliphatic heterocycles. The number of aliphatic imine (C=N–C) groups is 1. The zero-order chi connectivity index (χ0) is 17.1. The Labute approximate surface area is 140 Å². The first-order valence-electron chi connectivity index (χ1n) is 6.64. The summed E-state index contributed by atoms with van der Waals surface area (Å²) < 4.78 is 0. The number of hydrogen-bond acceptors (Lipinski definition) is 5. The largest absolute Gasteiger partial charge is 0.401 e. The molecule has 0 spiro atoms. The van der Waals surface area contributed by atoms with E-state index < -0.39 is 0 Å². The first kappa shape index (κ1) is 20.0. The first-order valence-corrected chi connectivity index (χ1v) is 7.76. The molecular weight excluding hydrogens is 346 g/mol.